The summed E-state index contributed by atoms with van der Waals surface area (Å²) in [6, 6.07) is 2.70. The Bertz CT molecular complexity index is 490. The van der Waals surface area contributed by atoms with Crippen LogP contribution in [0.5, 0.6) is 0 Å². The number of carbonyl (C=O) groups excluding carboxylic acids is 1. The lowest BCUT2D eigenvalue weighted by Crippen LogP contribution is -2.04. The van der Waals surface area contributed by atoms with Gasteiger partial charge >= 0.3 is 6.18 Å². The Morgan fingerprint density at radius 2 is 1.73 bits per heavy atom. The molecule has 1 aromatic heterocycles. The van der Waals surface area contributed by atoms with Gasteiger partial charge in [-0.2, -0.15) is 23.7 Å². The number of halogens is 3. The molecule has 1 aromatic rings. The van der Waals surface area contributed by atoms with E-state index >= 15 is 0 Å². The van der Waals surface area contributed by atoms with Crippen LogP contribution >= 0.6 is 11.3 Å². The van der Waals surface area contributed by atoms with Crippen molar-refractivity contribution in [3.63, 3.8) is 0 Å². The highest BCUT2D eigenvalue weighted by Crippen LogP contribution is 2.39. The van der Waals surface area contributed by atoms with Gasteiger partial charge in [-0.3, -0.25) is 4.79 Å². The van der Waals surface area contributed by atoms with Crippen molar-refractivity contribution in [1.29, 1.82) is 10.5 Å². The van der Waals surface area contributed by atoms with Crippen molar-refractivity contribution >= 4 is 17.6 Å². The van der Waals surface area contributed by atoms with Crippen molar-refractivity contribution in [1.82, 2.24) is 0 Å². The Hall–Kier alpha value is -1.86. The van der Waals surface area contributed by atoms with Gasteiger partial charge in [-0.1, -0.05) is 0 Å². The summed E-state index contributed by atoms with van der Waals surface area (Å²) in [7, 11) is 0. The molecule has 0 spiro atoms. The van der Waals surface area contributed by atoms with E-state index in [1.807, 2.05) is 0 Å². The molecule has 0 aliphatic carbocycles. The molecular weight excluding hydrogens is 229 g/mol. The zero-order valence-electron chi connectivity index (χ0n) is 6.92. The predicted molar refractivity (Wildman–Crippen MR) is 44.1 cm³/mol. The molecule has 1 rings (SSSR count). The zero-order chi connectivity index (χ0) is 11.6. The Kier molecular flexibility index (Phi) is 2.78. The third-order valence-corrected chi connectivity index (χ3v) is 2.68. The molecule has 76 valence electrons. The lowest BCUT2D eigenvalue weighted by molar-refractivity contribution is -0.134. The second kappa shape index (κ2) is 3.71. The highest BCUT2D eigenvalue weighted by Gasteiger charge is 2.38. The molecule has 0 aromatic carbocycles. The third kappa shape index (κ3) is 1.83. The number of alkyl halides is 3. The molecule has 7 heteroatoms. The monoisotopic (exact) mass is 230 g/mol. The van der Waals surface area contributed by atoms with E-state index in [1.54, 1.807) is 0 Å². The van der Waals surface area contributed by atoms with Crippen LogP contribution in [-0.2, 0) is 6.18 Å². The molecule has 15 heavy (non-hydrogen) atoms. The van der Waals surface area contributed by atoms with Crippen LogP contribution in [0.15, 0.2) is 0 Å². The van der Waals surface area contributed by atoms with Gasteiger partial charge in [-0.15, -0.1) is 11.3 Å². The Morgan fingerprint density at radius 1 is 1.20 bits per heavy atom. The van der Waals surface area contributed by atoms with Crippen LogP contribution in [0, 0.1) is 22.7 Å². The number of aldehydes is 1. The largest absolute Gasteiger partial charge is 0.426 e. The molecule has 3 nitrogen and oxygen atoms in total. The van der Waals surface area contributed by atoms with Gasteiger partial charge in [0.1, 0.15) is 17.0 Å². The second-order valence-corrected chi connectivity index (χ2v) is 3.44. The molecule has 0 radical (unpaired) electrons. The second-order valence-electron chi connectivity index (χ2n) is 2.38. The predicted octanol–water partition coefficient (Wildman–Crippen LogP) is 2.32. The van der Waals surface area contributed by atoms with Crippen molar-refractivity contribution in [3.8, 4) is 12.1 Å². The number of carbonyl (C=O) groups is 1. The number of nitrogens with zero attached hydrogens (tertiary/aromatic N) is 2. The summed E-state index contributed by atoms with van der Waals surface area (Å²) in [6.45, 7) is 0. The van der Waals surface area contributed by atoms with Crippen molar-refractivity contribution in [2.24, 2.45) is 0 Å². The molecule has 0 amide bonds. The smallest absolute Gasteiger partial charge is 0.297 e. The van der Waals surface area contributed by atoms with Crippen LogP contribution in [0.3, 0.4) is 0 Å². The maximum Gasteiger partial charge on any atom is 0.426 e. The summed E-state index contributed by atoms with van der Waals surface area (Å²) in [6.07, 6.45) is -4.58. The van der Waals surface area contributed by atoms with E-state index in [-0.39, 0.29) is 22.5 Å². The summed E-state index contributed by atoms with van der Waals surface area (Å²) in [5.41, 5.74) is -1.29. The SMILES string of the molecule is N#Cc1c(C=O)sc(C(F)(F)F)c1C#N. The van der Waals surface area contributed by atoms with Crippen LogP contribution in [0.25, 0.3) is 0 Å². The fourth-order valence-electron chi connectivity index (χ4n) is 0.949. The number of rotatable bonds is 1. The van der Waals surface area contributed by atoms with Crippen LogP contribution in [0.2, 0.25) is 0 Å². The lowest BCUT2D eigenvalue weighted by Gasteiger charge is -2.01. The summed E-state index contributed by atoms with van der Waals surface area (Å²) in [5.74, 6) is 0. The van der Waals surface area contributed by atoms with Crippen molar-refractivity contribution in [3.05, 3.63) is 20.9 Å². The van der Waals surface area contributed by atoms with Gasteiger partial charge in [0.05, 0.1) is 16.0 Å². The number of hydrogen-bond acceptors (Lipinski definition) is 4. The average molecular weight is 230 g/mol. The summed E-state index contributed by atoms with van der Waals surface area (Å²) >= 11 is 0.104. The van der Waals surface area contributed by atoms with Crippen molar-refractivity contribution < 1.29 is 18.0 Å². The molecule has 0 fully saturated rings. The first-order chi connectivity index (χ1) is 6.95. The van der Waals surface area contributed by atoms with Gasteiger partial charge in [-0.25, -0.2) is 0 Å². The Balaban J connectivity index is 3.59. The maximum absolute atomic E-state index is 12.3. The Labute approximate surface area is 86.0 Å². The number of hydrogen-bond donors (Lipinski definition) is 0. The van der Waals surface area contributed by atoms with Gasteiger partial charge in [0.2, 0.25) is 0 Å². The first-order valence-corrected chi connectivity index (χ1v) is 4.26. The van der Waals surface area contributed by atoms with E-state index in [1.165, 1.54) is 12.1 Å². The normalized spacial score (nSPS) is 10.5. The molecule has 0 saturated heterocycles. The van der Waals surface area contributed by atoms with E-state index in [4.69, 9.17) is 10.5 Å². The van der Waals surface area contributed by atoms with E-state index in [0.717, 1.165) is 0 Å². The Morgan fingerprint density at radius 3 is 2.07 bits per heavy atom. The fourth-order valence-corrected chi connectivity index (χ4v) is 1.83. The molecule has 0 N–H and O–H groups in total. The minimum absolute atomic E-state index is 0.104. The first kappa shape index (κ1) is 11.2. The van der Waals surface area contributed by atoms with Gasteiger partial charge in [0.25, 0.3) is 0 Å². The van der Waals surface area contributed by atoms with Crippen LogP contribution in [-0.4, -0.2) is 6.29 Å². The summed E-state index contributed by atoms with van der Waals surface area (Å²) < 4.78 is 37.0. The highest BCUT2D eigenvalue weighted by atomic mass is 32.1. The van der Waals surface area contributed by atoms with E-state index in [0.29, 0.717) is 0 Å². The number of nitriles is 2. The topological polar surface area (TPSA) is 64.7 Å². The highest BCUT2D eigenvalue weighted by molar-refractivity contribution is 7.14. The number of thiophene rings is 1. The van der Waals surface area contributed by atoms with Crippen LogP contribution in [0.4, 0.5) is 13.2 Å². The third-order valence-electron chi connectivity index (χ3n) is 1.52. The maximum atomic E-state index is 12.3. The van der Waals surface area contributed by atoms with E-state index < -0.39 is 22.2 Å². The van der Waals surface area contributed by atoms with Gasteiger partial charge in [-0.05, 0) is 0 Å². The van der Waals surface area contributed by atoms with Crippen molar-refractivity contribution in [2.45, 2.75) is 6.18 Å². The molecule has 0 aliphatic rings. The van der Waals surface area contributed by atoms with Gasteiger partial charge in [0, 0.05) is 0 Å². The van der Waals surface area contributed by atoms with Crippen molar-refractivity contribution in [2.75, 3.05) is 0 Å². The molecule has 0 bridgehead atoms. The van der Waals surface area contributed by atoms with Crippen LogP contribution < -0.4 is 0 Å². The molecule has 0 aliphatic heterocycles. The molecule has 0 saturated carbocycles. The lowest BCUT2D eigenvalue weighted by atomic mass is 10.1. The average Bonchev–Trinajstić information content (AvgIpc) is 2.54. The zero-order valence-corrected chi connectivity index (χ0v) is 7.74. The summed E-state index contributed by atoms with van der Waals surface area (Å²) in [4.78, 5) is 8.80. The quantitative estimate of drug-likeness (QED) is 0.695. The van der Waals surface area contributed by atoms with E-state index in [9.17, 15) is 18.0 Å². The fraction of sp³-hybridized carbons (Fsp3) is 0.125. The molecule has 1 heterocycles. The summed E-state index contributed by atoms with van der Waals surface area (Å²) in [5, 5.41) is 17.0. The van der Waals surface area contributed by atoms with Gasteiger partial charge in [0.15, 0.2) is 6.29 Å². The molecular formula is C8HF3N2OS. The first-order valence-electron chi connectivity index (χ1n) is 3.45. The minimum atomic E-state index is -4.72. The van der Waals surface area contributed by atoms with E-state index in [2.05, 4.69) is 0 Å². The minimum Gasteiger partial charge on any atom is -0.297 e. The molecule has 0 unspecified atom stereocenters. The van der Waals surface area contributed by atoms with Crippen LogP contribution in [0.1, 0.15) is 25.7 Å². The van der Waals surface area contributed by atoms with Gasteiger partial charge < -0.3 is 0 Å². The molecule has 0 atom stereocenters. The standard InChI is InChI=1S/C8HF3N2OS/c9-8(10,11)7-5(2-13)4(1-12)6(3-14)15-7/h3H.